The molecule has 2 N–H and O–H groups in total. The number of benzene rings is 2. The second kappa shape index (κ2) is 16.6. The molecule has 236 valence electrons. The van der Waals surface area contributed by atoms with E-state index in [1.54, 1.807) is 19.4 Å². The van der Waals surface area contributed by atoms with Crippen LogP contribution in [0.5, 0.6) is 5.75 Å². The molecule has 43 heavy (non-hydrogen) atoms. The molecule has 0 spiro atoms. The highest BCUT2D eigenvalue weighted by molar-refractivity contribution is 7.99. The fourth-order valence-corrected chi connectivity index (χ4v) is 6.76. The highest BCUT2D eigenvalue weighted by Gasteiger charge is 2.31. The largest absolute Gasteiger partial charge is 0.497 e. The summed E-state index contributed by atoms with van der Waals surface area (Å²) in [5.74, 6) is 1.73. The van der Waals surface area contributed by atoms with E-state index in [0.29, 0.717) is 24.2 Å². The molecule has 10 heteroatoms. The number of aromatic nitrogens is 1. The first-order valence-electron chi connectivity index (χ1n) is 15.2. The van der Waals surface area contributed by atoms with E-state index in [-0.39, 0.29) is 18.4 Å². The van der Waals surface area contributed by atoms with Crippen molar-refractivity contribution in [3.05, 3.63) is 65.9 Å². The minimum atomic E-state index is -4.32. The van der Waals surface area contributed by atoms with Crippen LogP contribution in [0.25, 0.3) is 10.9 Å². The van der Waals surface area contributed by atoms with Gasteiger partial charge in [0.1, 0.15) is 11.9 Å². The van der Waals surface area contributed by atoms with Crippen molar-refractivity contribution in [2.45, 2.75) is 55.8 Å². The molecular formula is C33H43F4N3O2S. The number of methoxy groups -OCH3 is 1. The molecule has 2 fully saturated rings. The van der Waals surface area contributed by atoms with Crippen LogP contribution in [0, 0.1) is 11.8 Å². The Morgan fingerprint density at radius 3 is 2.47 bits per heavy atom. The van der Waals surface area contributed by atoms with Crippen molar-refractivity contribution in [1.82, 2.24) is 15.2 Å². The summed E-state index contributed by atoms with van der Waals surface area (Å²) in [6.07, 6.45) is 2.34. The summed E-state index contributed by atoms with van der Waals surface area (Å²) in [6.45, 7) is 4.94. The molecule has 0 radical (unpaired) electrons. The van der Waals surface area contributed by atoms with Crippen LogP contribution in [-0.2, 0) is 6.18 Å². The third-order valence-electron chi connectivity index (χ3n) is 8.39. The Morgan fingerprint density at radius 1 is 1.07 bits per heavy atom. The maximum absolute atomic E-state index is 15.4. The van der Waals surface area contributed by atoms with Crippen molar-refractivity contribution in [3.63, 3.8) is 0 Å². The lowest BCUT2D eigenvalue weighted by Crippen LogP contribution is -2.43. The summed E-state index contributed by atoms with van der Waals surface area (Å²) in [4.78, 5) is 7.42. The van der Waals surface area contributed by atoms with E-state index in [9.17, 15) is 18.3 Å². The minimum Gasteiger partial charge on any atom is -0.497 e. The number of rotatable bonds is 10. The highest BCUT2D eigenvalue weighted by Crippen LogP contribution is 2.36. The molecule has 2 aliphatic heterocycles. The Morgan fingerprint density at radius 2 is 1.84 bits per heavy atom. The van der Waals surface area contributed by atoms with E-state index in [1.807, 2.05) is 18.2 Å². The molecule has 3 heterocycles. The predicted octanol–water partition coefficient (Wildman–Crippen LogP) is 7.54. The van der Waals surface area contributed by atoms with Crippen molar-refractivity contribution in [3.8, 4) is 5.75 Å². The van der Waals surface area contributed by atoms with Crippen molar-refractivity contribution in [2.24, 2.45) is 11.8 Å². The first kappa shape index (κ1) is 33.5. The van der Waals surface area contributed by atoms with Gasteiger partial charge in [-0.15, -0.1) is 11.8 Å². The molecule has 5 nitrogen and oxygen atoms in total. The summed E-state index contributed by atoms with van der Waals surface area (Å²) in [5, 5.41) is 14.1. The van der Waals surface area contributed by atoms with Gasteiger partial charge in [0.2, 0.25) is 0 Å². The third kappa shape index (κ3) is 10.1. The van der Waals surface area contributed by atoms with E-state index < -0.39 is 17.9 Å². The van der Waals surface area contributed by atoms with Gasteiger partial charge in [-0.2, -0.15) is 13.2 Å². The van der Waals surface area contributed by atoms with Crippen LogP contribution in [0.1, 0.15) is 55.8 Å². The van der Waals surface area contributed by atoms with Crippen LogP contribution in [0.3, 0.4) is 0 Å². The quantitative estimate of drug-likeness (QED) is 0.180. The number of halogens is 4. The molecule has 5 rings (SSSR count). The second-order valence-corrected chi connectivity index (χ2v) is 12.5. The van der Waals surface area contributed by atoms with Gasteiger partial charge < -0.3 is 20.1 Å². The Hall–Kier alpha value is -2.40. The number of hydrogen-bond donors (Lipinski definition) is 2. The third-order valence-corrected chi connectivity index (χ3v) is 9.38. The predicted molar refractivity (Wildman–Crippen MR) is 165 cm³/mol. The summed E-state index contributed by atoms with van der Waals surface area (Å²) in [5.41, 5.74) is 0.705. The van der Waals surface area contributed by atoms with Crippen LogP contribution in [0.15, 0.2) is 59.6 Å². The standard InChI is InChI=1S/C28H32F4N2O2S.C5H11N/c1-36-22-5-9-27-25(16-22)24(10-12-33-27)26(29)8-2-19-11-13-34(17-20(19)18-35)14-15-37-23-6-3-21(4-7-23)28(30,31)32;1-2-4-6-5-3-1/h3-7,9-10,12,16,19-20,26,35H,2,8,11,13-15,17-18H2,1H3;6H,1-5H2/t19-,20-,26?;/m1./s1. The van der Waals surface area contributed by atoms with Gasteiger partial charge in [0.05, 0.1) is 18.2 Å². The number of aliphatic hydroxyl groups is 1. The Kier molecular flexibility index (Phi) is 12.9. The SMILES string of the molecule is C1CCNCC1.COc1ccc2nccc(C(F)CC[C@@H]3CCN(CCSc4ccc(C(F)(F)F)cc4)C[C@@H]3CO)c2c1. The molecule has 2 aromatic carbocycles. The topological polar surface area (TPSA) is 57.6 Å². The molecule has 1 unspecified atom stereocenters. The van der Waals surface area contributed by atoms with Crippen LogP contribution >= 0.6 is 11.8 Å². The Bertz CT molecular complexity index is 1250. The first-order chi connectivity index (χ1) is 20.8. The van der Waals surface area contributed by atoms with Crippen molar-refractivity contribution >= 4 is 22.7 Å². The van der Waals surface area contributed by atoms with Crippen molar-refractivity contribution < 1.29 is 27.4 Å². The number of nitrogens with zero attached hydrogens (tertiary/aromatic N) is 2. The lowest BCUT2D eigenvalue weighted by Gasteiger charge is -2.38. The van der Waals surface area contributed by atoms with Crippen LogP contribution in [0.2, 0.25) is 0 Å². The van der Waals surface area contributed by atoms with E-state index in [2.05, 4.69) is 15.2 Å². The molecule has 3 atom stereocenters. The molecule has 0 aliphatic carbocycles. The lowest BCUT2D eigenvalue weighted by atomic mass is 9.81. The summed E-state index contributed by atoms with van der Waals surface area (Å²) >= 11 is 1.52. The van der Waals surface area contributed by atoms with E-state index in [4.69, 9.17) is 4.74 Å². The first-order valence-corrected chi connectivity index (χ1v) is 16.2. The Labute approximate surface area is 256 Å². The Balaban J connectivity index is 0.000000628. The summed E-state index contributed by atoms with van der Waals surface area (Å²) < 4.78 is 58.9. The maximum atomic E-state index is 15.4. The number of ether oxygens (including phenoxy) is 1. The minimum absolute atomic E-state index is 0.0551. The zero-order valence-electron chi connectivity index (χ0n) is 24.8. The molecule has 3 aromatic rings. The summed E-state index contributed by atoms with van der Waals surface area (Å²) in [6, 6.07) is 12.4. The molecule has 2 saturated heterocycles. The zero-order chi connectivity index (χ0) is 30.7. The number of nitrogens with one attached hydrogen (secondary N) is 1. The van der Waals surface area contributed by atoms with Crippen LogP contribution < -0.4 is 10.1 Å². The zero-order valence-corrected chi connectivity index (χ0v) is 25.6. The van der Waals surface area contributed by atoms with Crippen molar-refractivity contribution in [1.29, 1.82) is 0 Å². The van der Waals surface area contributed by atoms with E-state index in [0.717, 1.165) is 59.7 Å². The molecule has 1 aromatic heterocycles. The van der Waals surface area contributed by atoms with Gasteiger partial charge in [-0.1, -0.05) is 6.42 Å². The molecule has 0 bridgehead atoms. The number of alkyl halides is 4. The smallest absolute Gasteiger partial charge is 0.416 e. The van der Waals surface area contributed by atoms with Gasteiger partial charge >= 0.3 is 6.18 Å². The normalized spacial score (nSPS) is 20.3. The summed E-state index contributed by atoms with van der Waals surface area (Å²) in [7, 11) is 1.58. The maximum Gasteiger partial charge on any atom is 0.416 e. The fraction of sp³-hybridized carbons (Fsp3) is 0.545. The number of pyridine rings is 1. The van der Waals surface area contributed by atoms with E-state index >= 15 is 4.39 Å². The van der Waals surface area contributed by atoms with Gasteiger partial charge in [-0.3, -0.25) is 4.98 Å². The highest BCUT2D eigenvalue weighted by atomic mass is 32.2. The molecule has 0 amide bonds. The van der Waals surface area contributed by atoms with Gasteiger partial charge in [0.15, 0.2) is 0 Å². The number of likely N-dealkylation sites (tertiary alicyclic amines) is 1. The monoisotopic (exact) mass is 621 g/mol. The average Bonchev–Trinajstić information content (AvgIpc) is 3.04. The number of aliphatic hydroxyl groups excluding tert-OH is 1. The fourth-order valence-electron chi connectivity index (χ4n) is 5.84. The van der Waals surface area contributed by atoms with Crippen LogP contribution in [0.4, 0.5) is 17.6 Å². The second-order valence-electron chi connectivity index (χ2n) is 11.3. The lowest BCUT2D eigenvalue weighted by molar-refractivity contribution is -0.137. The van der Waals surface area contributed by atoms with E-state index in [1.165, 1.54) is 56.2 Å². The van der Waals surface area contributed by atoms with Gasteiger partial charge in [0.25, 0.3) is 0 Å². The molecule has 2 aliphatic rings. The molecular weight excluding hydrogens is 578 g/mol. The number of thioether (sulfide) groups is 1. The average molecular weight is 622 g/mol. The van der Waals surface area contributed by atoms with Crippen LogP contribution in [-0.4, -0.2) is 67.2 Å². The molecule has 0 saturated carbocycles. The van der Waals surface area contributed by atoms with Crippen molar-refractivity contribution in [2.75, 3.05) is 52.2 Å². The van der Waals surface area contributed by atoms with Gasteiger partial charge in [0, 0.05) is 41.9 Å². The number of fused-ring (bicyclic) bond motifs is 1. The van der Waals surface area contributed by atoms with Gasteiger partial charge in [-0.05, 0) is 118 Å². The number of piperidine rings is 2. The number of hydrogen-bond acceptors (Lipinski definition) is 6. The van der Waals surface area contributed by atoms with Gasteiger partial charge in [-0.25, -0.2) is 4.39 Å².